The lowest BCUT2D eigenvalue weighted by atomic mass is 10.2. The molecule has 8 heteroatoms. The lowest BCUT2D eigenvalue weighted by molar-refractivity contribution is -0.139. The summed E-state index contributed by atoms with van der Waals surface area (Å²) in [5.41, 5.74) is -0.275. The number of alkyl halides is 3. The van der Waals surface area contributed by atoms with E-state index in [4.69, 9.17) is 9.47 Å². The van der Waals surface area contributed by atoms with Crippen LogP contribution in [0.25, 0.3) is 0 Å². The SMILES string of the molecule is CCN(c1ncc(C(F)(F)F)c(OC2CCCC2)n1)c1ccccc1OC. The lowest BCUT2D eigenvalue weighted by Crippen LogP contribution is -2.22. The van der Waals surface area contributed by atoms with Crippen LogP contribution in [0.15, 0.2) is 30.5 Å². The highest BCUT2D eigenvalue weighted by molar-refractivity contribution is 5.65. The maximum Gasteiger partial charge on any atom is 0.423 e. The molecule has 1 saturated carbocycles. The van der Waals surface area contributed by atoms with Crippen molar-refractivity contribution in [1.82, 2.24) is 9.97 Å². The van der Waals surface area contributed by atoms with Crippen LogP contribution in [0.1, 0.15) is 38.2 Å². The first-order valence-corrected chi connectivity index (χ1v) is 8.95. The van der Waals surface area contributed by atoms with E-state index in [0.717, 1.165) is 31.9 Å². The summed E-state index contributed by atoms with van der Waals surface area (Å²) >= 11 is 0. The number of hydrogen-bond acceptors (Lipinski definition) is 5. The van der Waals surface area contributed by atoms with Gasteiger partial charge in [0.25, 0.3) is 0 Å². The minimum absolute atomic E-state index is 0.142. The zero-order chi connectivity index (χ0) is 19.4. The minimum atomic E-state index is -4.58. The zero-order valence-electron chi connectivity index (χ0n) is 15.3. The first kappa shape index (κ1) is 19.3. The average Bonchev–Trinajstić information content (AvgIpc) is 3.15. The third kappa shape index (κ3) is 4.26. The van der Waals surface area contributed by atoms with Gasteiger partial charge in [0.2, 0.25) is 11.8 Å². The van der Waals surface area contributed by atoms with Gasteiger partial charge in [-0.15, -0.1) is 0 Å². The molecule has 146 valence electrons. The number of rotatable bonds is 6. The molecule has 1 fully saturated rings. The first-order valence-electron chi connectivity index (χ1n) is 8.95. The smallest absolute Gasteiger partial charge is 0.423 e. The summed E-state index contributed by atoms with van der Waals surface area (Å²) in [6.45, 7) is 2.32. The quantitative estimate of drug-likeness (QED) is 0.706. The van der Waals surface area contributed by atoms with Crippen LogP contribution in [0.2, 0.25) is 0 Å². The van der Waals surface area contributed by atoms with Gasteiger partial charge in [0.05, 0.1) is 12.8 Å². The molecule has 0 radical (unpaired) electrons. The van der Waals surface area contributed by atoms with Crippen LogP contribution in [-0.4, -0.2) is 29.7 Å². The van der Waals surface area contributed by atoms with Crippen LogP contribution in [0.5, 0.6) is 11.6 Å². The van der Waals surface area contributed by atoms with E-state index in [1.54, 1.807) is 17.0 Å². The number of para-hydroxylation sites is 2. The fourth-order valence-electron chi connectivity index (χ4n) is 3.21. The fraction of sp³-hybridized carbons (Fsp3) is 0.474. The molecule has 0 amide bonds. The number of aromatic nitrogens is 2. The molecule has 3 rings (SSSR count). The molecule has 0 spiro atoms. The Bertz CT molecular complexity index is 777. The molecule has 0 N–H and O–H groups in total. The number of nitrogens with zero attached hydrogens (tertiary/aromatic N) is 3. The highest BCUT2D eigenvalue weighted by atomic mass is 19.4. The van der Waals surface area contributed by atoms with Crippen molar-refractivity contribution >= 4 is 11.6 Å². The summed E-state index contributed by atoms with van der Waals surface area (Å²) in [6.07, 6.45) is -0.645. The van der Waals surface area contributed by atoms with Crippen molar-refractivity contribution in [1.29, 1.82) is 0 Å². The molecule has 0 saturated heterocycles. The number of halogens is 3. The van der Waals surface area contributed by atoms with Crippen molar-refractivity contribution in [3.63, 3.8) is 0 Å². The molecular weight excluding hydrogens is 359 g/mol. The largest absolute Gasteiger partial charge is 0.495 e. The fourth-order valence-corrected chi connectivity index (χ4v) is 3.21. The topological polar surface area (TPSA) is 47.5 Å². The number of benzene rings is 1. The predicted octanol–water partition coefficient (Wildman–Crippen LogP) is 4.98. The summed E-state index contributed by atoms with van der Waals surface area (Å²) in [5.74, 6) is 0.317. The molecule has 27 heavy (non-hydrogen) atoms. The standard InChI is InChI=1S/C19H22F3N3O2/c1-3-25(15-10-6-7-11-16(15)26-2)18-23-12-14(19(20,21)22)17(24-18)27-13-8-4-5-9-13/h6-7,10-13H,3-5,8-9H2,1-2H3. The summed E-state index contributed by atoms with van der Waals surface area (Å²) in [7, 11) is 1.54. The van der Waals surface area contributed by atoms with Gasteiger partial charge in [-0.25, -0.2) is 4.98 Å². The van der Waals surface area contributed by atoms with Crippen molar-refractivity contribution in [2.45, 2.75) is 44.9 Å². The van der Waals surface area contributed by atoms with E-state index in [2.05, 4.69) is 9.97 Å². The summed E-state index contributed by atoms with van der Waals surface area (Å²) < 4.78 is 51.1. The molecule has 1 aromatic carbocycles. The van der Waals surface area contributed by atoms with E-state index in [1.165, 1.54) is 7.11 Å². The molecule has 1 aliphatic carbocycles. The lowest BCUT2D eigenvalue weighted by Gasteiger charge is -2.24. The highest BCUT2D eigenvalue weighted by Gasteiger charge is 2.37. The predicted molar refractivity (Wildman–Crippen MR) is 95.6 cm³/mol. The summed E-state index contributed by atoms with van der Waals surface area (Å²) in [6, 6.07) is 7.22. The van der Waals surface area contributed by atoms with E-state index < -0.39 is 17.6 Å². The Hall–Kier alpha value is -2.51. The van der Waals surface area contributed by atoms with Crippen LogP contribution in [0.3, 0.4) is 0 Å². The van der Waals surface area contributed by atoms with Crippen molar-refractivity contribution in [2.24, 2.45) is 0 Å². The van der Waals surface area contributed by atoms with Crippen LogP contribution in [0, 0.1) is 0 Å². The van der Waals surface area contributed by atoms with E-state index >= 15 is 0 Å². The maximum absolute atomic E-state index is 13.4. The number of methoxy groups -OCH3 is 1. The second-order valence-corrected chi connectivity index (χ2v) is 6.33. The van der Waals surface area contributed by atoms with Crippen molar-refractivity contribution in [2.75, 3.05) is 18.6 Å². The molecule has 0 aliphatic heterocycles. The molecule has 2 aromatic rings. The van der Waals surface area contributed by atoms with Gasteiger partial charge in [-0.2, -0.15) is 18.2 Å². The van der Waals surface area contributed by atoms with Gasteiger partial charge in [0.1, 0.15) is 17.4 Å². The number of ether oxygens (including phenoxy) is 2. The van der Waals surface area contributed by atoms with Gasteiger partial charge in [-0.3, -0.25) is 0 Å². The van der Waals surface area contributed by atoms with Crippen molar-refractivity contribution in [3.8, 4) is 11.6 Å². The molecule has 0 atom stereocenters. The van der Waals surface area contributed by atoms with Crippen LogP contribution < -0.4 is 14.4 Å². The molecule has 1 aliphatic rings. The van der Waals surface area contributed by atoms with Crippen molar-refractivity contribution < 1.29 is 22.6 Å². The summed E-state index contributed by atoms with van der Waals surface area (Å²) in [5, 5.41) is 0. The van der Waals surface area contributed by atoms with Crippen molar-refractivity contribution in [3.05, 3.63) is 36.0 Å². The van der Waals surface area contributed by atoms with E-state index in [0.29, 0.717) is 18.0 Å². The Kier molecular flexibility index (Phi) is 5.72. The van der Waals surface area contributed by atoms with Crippen LogP contribution in [0.4, 0.5) is 24.8 Å². The minimum Gasteiger partial charge on any atom is -0.495 e. The normalized spacial score (nSPS) is 15.0. The van der Waals surface area contributed by atoms with Gasteiger partial charge >= 0.3 is 6.18 Å². The van der Waals surface area contributed by atoms with Gasteiger partial charge < -0.3 is 14.4 Å². The molecule has 0 bridgehead atoms. The summed E-state index contributed by atoms with van der Waals surface area (Å²) in [4.78, 5) is 9.80. The number of hydrogen-bond donors (Lipinski definition) is 0. The Morgan fingerprint density at radius 2 is 1.89 bits per heavy atom. The number of anilines is 2. The molecular formula is C19H22F3N3O2. The van der Waals surface area contributed by atoms with E-state index in [-0.39, 0.29) is 12.1 Å². The van der Waals surface area contributed by atoms with Crippen LogP contribution in [-0.2, 0) is 6.18 Å². The van der Waals surface area contributed by atoms with E-state index in [9.17, 15) is 13.2 Å². The van der Waals surface area contributed by atoms with E-state index in [1.807, 2.05) is 19.1 Å². The molecule has 0 unspecified atom stereocenters. The Morgan fingerprint density at radius 3 is 2.52 bits per heavy atom. The third-order valence-corrected chi connectivity index (χ3v) is 4.56. The van der Waals surface area contributed by atoms with Gasteiger partial charge in [-0.1, -0.05) is 12.1 Å². The third-order valence-electron chi connectivity index (χ3n) is 4.56. The molecule has 5 nitrogen and oxygen atoms in total. The van der Waals surface area contributed by atoms with Gasteiger partial charge in [0.15, 0.2) is 0 Å². The van der Waals surface area contributed by atoms with Gasteiger partial charge in [-0.05, 0) is 44.7 Å². The zero-order valence-corrected chi connectivity index (χ0v) is 15.3. The molecule has 1 heterocycles. The Labute approximate surface area is 156 Å². The second-order valence-electron chi connectivity index (χ2n) is 6.33. The Morgan fingerprint density at radius 1 is 1.19 bits per heavy atom. The highest BCUT2D eigenvalue weighted by Crippen LogP contribution is 2.38. The average molecular weight is 381 g/mol. The first-order chi connectivity index (χ1) is 12.9. The monoisotopic (exact) mass is 381 g/mol. The maximum atomic E-state index is 13.4. The van der Waals surface area contributed by atoms with Crippen LogP contribution >= 0.6 is 0 Å². The molecule has 1 aromatic heterocycles. The van der Waals surface area contributed by atoms with Gasteiger partial charge in [0, 0.05) is 12.7 Å². The Balaban J connectivity index is 2.01. The second kappa shape index (κ2) is 8.02.